The van der Waals surface area contributed by atoms with Crippen molar-refractivity contribution in [1.82, 2.24) is 10.4 Å². The zero-order chi connectivity index (χ0) is 16.1. The van der Waals surface area contributed by atoms with Crippen molar-refractivity contribution >= 4 is 23.0 Å². The van der Waals surface area contributed by atoms with Crippen LogP contribution in [0.2, 0.25) is 0 Å². The molecule has 0 radical (unpaired) electrons. The molecule has 1 aliphatic rings. The summed E-state index contributed by atoms with van der Waals surface area (Å²) >= 11 is 0. The number of carbonyl (C=O) groups excluding carboxylic acids is 1. The molecule has 1 amide bonds. The number of pyridine rings is 1. The number of unbranched alkanes of at least 4 members (excludes halogenated alkanes) is 3. The Kier molecular flexibility index (Phi) is 5.01. The van der Waals surface area contributed by atoms with Gasteiger partial charge >= 0.3 is 0 Å². The van der Waals surface area contributed by atoms with Crippen LogP contribution in [0.15, 0.2) is 36.5 Å². The van der Waals surface area contributed by atoms with E-state index in [1.165, 1.54) is 19.3 Å². The first-order valence-electron chi connectivity index (χ1n) is 8.53. The molecule has 4 heteroatoms. The van der Waals surface area contributed by atoms with Gasteiger partial charge in [0.2, 0.25) is 6.21 Å². The smallest absolute Gasteiger partial charge is 0.269 e. The van der Waals surface area contributed by atoms with Crippen LogP contribution in [0.25, 0.3) is 10.9 Å². The summed E-state index contributed by atoms with van der Waals surface area (Å²) in [5, 5.41) is 1.11. The molecule has 4 nitrogen and oxygen atoms in total. The third kappa shape index (κ3) is 3.76. The fourth-order valence-electron chi connectivity index (χ4n) is 3.12. The Hall–Kier alpha value is -2.23. The van der Waals surface area contributed by atoms with E-state index in [0.717, 1.165) is 35.9 Å². The minimum atomic E-state index is 0.108. The average molecular weight is 310 g/mol. The van der Waals surface area contributed by atoms with Crippen molar-refractivity contribution in [2.45, 2.75) is 39.0 Å². The molecule has 0 aliphatic carbocycles. The Balaban J connectivity index is 1.72. The Morgan fingerprint density at radius 2 is 2.13 bits per heavy atom. The summed E-state index contributed by atoms with van der Waals surface area (Å²) in [7, 11) is 0. The zero-order valence-electron chi connectivity index (χ0n) is 13.7. The van der Waals surface area contributed by atoms with E-state index in [2.05, 4.69) is 23.4 Å². The molecule has 0 saturated carbocycles. The summed E-state index contributed by atoms with van der Waals surface area (Å²) in [6.45, 7) is 2.96. The largest absolute Gasteiger partial charge is 0.283 e. The molecule has 0 unspecified atom stereocenters. The summed E-state index contributed by atoms with van der Waals surface area (Å²) in [4.78, 5) is 16.5. The topological polar surface area (TPSA) is 45.0 Å². The van der Waals surface area contributed by atoms with Gasteiger partial charge in [0.25, 0.3) is 5.91 Å². The highest BCUT2D eigenvalue weighted by atomic mass is 16.2. The average Bonchev–Trinajstić information content (AvgIpc) is 2.91. The van der Waals surface area contributed by atoms with Crippen molar-refractivity contribution in [3.63, 3.8) is 0 Å². The number of hydrazine groups is 1. The second-order valence-corrected chi connectivity index (χ2v) is 6.22. The molecule has 1 saturated heterocycles. The van der Waals surface area contributed by atoms with E-state index < -0.39 is 0 Å². The van der Waals surface area contributed by atoms with Crippen molar-refractivity contribution in [3.05, 3.63) is 42.1 Å². The van der Waals surface area contributed by atoms with Crippen LogP contribution in [0.4, 0.5) is 0 Å². The van der Waals surface area contributed by atoms with Crippen LogP contribution in [0.1, 0.15) is 44.6 Å². The molecular weight excluding hydrogens is 286 g/mol. The van der Waals surface area contributed by atoms with Crippen LogP contribution >= 0.6 is 0 Å². The Bertz CT molecular complexity index is 718. The quantitative estimate of drug-likeness (QED) is 0.657. The lowest BCUT2D eigenvalue weighted by Gasteiger charge is -2.01. The predicted octanol–water partition coefficient (Wildman–Crippen LogP) is 3.30. The van der Waals surface area contributed by atoms with E-state index in [1.54, 1.807) is 0 Å². The lowest BCUT2D eigenvalue weighted by atomic mass is 10.0. The first-order chi connectivity index (χ1) is 11.3. The van der Waals surface area contributed by atoms with Crippen LogP contribution in [0.5, 0.6) is 0 Å². The van der Waals surface area contributed by atoms with E-state index in [1.807, 2.05) is 41.4 Å². The van der Waals surface area contributed by atoms with Gasteiger partial charge in [0.15, 0.2) is 6.54 Å². The molecule has 2 heterocycles. The number of fused-ring (bicyclic) bond motifs is 1. The maximum atomic E-state index is 12.1. The summed E-state index contributed by atoms with van der Waals surface area (Å²) in [5.41, 5.74) is 5.04. The van der Waals surface area contributed by atoms with Crippen molar-refractivity contribution in [2.24, 2.45) is 5.92 Å². The number of rotatable bonds is 6. The number of aromatic nitrogens is 1. The van der Waals surface area contributed by atoms with Crippen molar-refractivity contribution in [2.75, 3.05) is 6.54 Å². The van der Waals surface area contributed by atoms with Gasteiger partial charge in [-0.2, -0.15) is 0 Å². The van der Waals surface area contributed by atoms with Gasteiger partial charge in [-0.25, -0.2) is 0 Å². The van der Waals surface area contributed by atoms with Crippen molar-refractivity contribution < 1.29 is 9.48 Å². The highest BCUT2D eigenvalue weighted by Gasteiger charge is 2.33. The molecule has 120 valence electrons. The molecule has 23 heavy (non-hydrogen) atoms. The number of hydrogen-bond donors (Lipinski definition) is 1. The first-order valence-corrected chi connectivity index (χ1v) is 8.53. The van der Waals surface area contributed by atoms with Gasteiger partial charge in [-0.15, -0.1) is 10.1 Å². The molecule has 3 rings (SSSR count). The number of benzene rings is 1. The molecule has 1 aromatic heterocycles. The van der Waals surface area contributed by atoms with Crippen LogP contribution in [-0.2, 0) is 4.79 Å². The molecular formula is C19H24N3O+. The number of nitrogens with zero attached hydrogens (tertiary/aromatic N) is 2. The normalized spacial score (nSPS) is 19.4. The van der Waals surface area contributed by atoms with Gasteiger partial charge in [0.1, 0.15) is 5.92 Å². The lowest BCUT2D eigenvalue weighted by molar-refractivity contribution is -0.556. The van der Waals surface area contributed by atoms with Crippen molar-refractivity contribution in [3.8, 4) is 0 Å². The van der Waals surface area contributed by atoms with Crippen LogP contribution in [0, 0.1) is 5.92 Å². The number of hydrogen-bond acceptors (Lipinski definition) is 2. The monoisotopic (exact) mass is 310 g/mol. The maximum absolute atomic E-state index is 12.1. The summed E-state index contributed by atoms with van der Waals surface area (Å²) in [6, 6.07) is 10.1. The highest BCUT2D eigenvalue weighted by molar-refractivity contribution is 5.96. The van der Waals surface area contributed by atoms with Crippen molar-refractivity contribution in [1.29, 1.82) is 0 Å². The minimum Gasteiger partial charge on any atom is -0.269 e. The van der Waals surface area contributed by atoms with E-state index in [4.69, 9.17) is 0 Å². The molecule has 2 aromatic rings. The molecule has 1 fully saturated rings. The molecule has 1 aliphatic heterocycles. The lowest BCUT2D eigenvalue weighted by Crippen LogP contribution is -2.25. The maximum Gasteiger partial charge on any atom is 0.283 e. The Labute approximate surface area is 137 Å². The van der Waals surface area contributed by atoms with E-state index in [-0.39, 0.29) is 11.8 Å². The Morgan fingerprint density at radius 1 is 1.26 bits per heavy atom. The molecule has 1 atom stereocenters. The number of hydrazone groups is 1. The van der Waals surface area contributed by atoms with Gasteiger partial charge in [-0.3, -0.25) is 9.78 Å². The number of carbonyl (C=O) groups is 1. The minimum absolute atomic E-state index is 0.108. The first kappa shape index (κ1) is 15.7. The molecule has 0 spiro atoms. The molecule has 1 N–H and O–H groups in total. The van der Waals surface area contributed by atoms with Gasteiger partial charge < -0.3 is 0 Å². The second kappa shape index (κ2) is 7.36. The van der Waals surface area contributed by atoms with Gasteiger partial charge in [-0.1, -0.05) is 50.8 Å². The summed E-state index contributed by atoms with van der Waals surface area (Å²) < 4.78 is 1.93. The predicted molar refractivity (Wildman–Crippen MR) is 92.4 cm³/mol. The van der Waals surface area contributed by atoms with Gasteiger partial charge in [0.05, 0.1) is 11.1 Å². The standard InChI is InChI=1S/C19H23N3O/c1-2-3-4-5-8-16-14-22(21-19(16)23)13-15-11-12-20-18-10-7-6-9-17(15)18/h6-7,9-13,16H,2-5,8,14H2,1H3/p+1/t16-/m0/s1. The van der Waals surface area contributed by atoms with E-state index >= 15 is 0 Å². The van der Waals surface area contributed by atoms with Crippen LogP contribution in [-0.4, -0.2) is 28.3 Å². The van der Waals surface area contributed by atoms with Gasteiger partial charge in [-0.05, 0) is 18.6 Å². The number of para-hydroxylation sites is 1. The van der Waals surface area contributed by atoms with Crippen LogP contribution in [0.3, 0.4) is 0 Å². The fraction of sp³-hybridized carbons (Fsp3) is 0.421. The van der Waals surface area contributed by atoms with Gasteiger partial charge in [0, 0.05) is 11.6 Å². The summed E-state index contributed by atoms with van der Waals surface area (Å²) in [6.07, 6.45) is 9.66. The van der Waals surface area contributed by atoms with E-state index in [0.29, 0.717) is 0 Å². The Morgan fingerprint density at radius 3 is 3.00 bits per heavy atom. The molecule has 0 bridgehead atoms. The fourth-order valence-corrected chi connectivity index (χ4v) is 3.12. The number of nitrogens with one attached hydrogen (secondary N) is 1. The summed E-state index contributed by atoms with van der Waals surface area (Å²) in [5.74, 6) is 0.257. The number of amides is 1. The van der Waals surface area contributed by atoms with Crippen LogP contribution < -0.4 is 5.43 Å². The third-order valence-corrected chi connectivity index (χ3v) is 4.43. The third-order valence-electron chi connectivity index (χ3n) is 4.43. The SMILES string of the molecule is CCCCCC[C@H]1C/[N+](=C/c2ccnc3ccccc23)NC1=O. The highest BCUT2D eigenvalue weighted by Crippen LogP contribution is 2.17. The second-order valence-electron chi connectivity index (χ2n) is 6.22. The van der Waals surface area contributed by atoms with E-state index in [9.17, 15) is 4.79 Å². The molecule has 1 aromatic carbocycles. The zero-order valence-corrected chi connectivity index (χ0v) is 13.7.